The Bertz CT molecular complexity index is 382. The first-order valence-corrected chi connectivity index (χ1v) is 6.05. The highest BCUT2D eigenvalue weighted by molar-refractivity contribution is 6.29. The summed E-state index contributed by atoms with van der Waals surface area (Å²) in [4.78, 5) is 14.8. The van der Waals surface area contributed by atoms with Crippen molar-refractivity contribution in [3.05, 3.63) is 22.8 Å². The van der Waals surface area contributed by atoms with E-state index in [1.54, 1.807) is 0 Å². The van der Waals surface area contributed by atoms with Gasteiger partial charge >= 0.3 is 5.97 Å². The summed E-state index contributed by atoms with van der Waals surface area (Å²) >= 11 is 5.70. The van der Waals surface area contributed by atoms with E-state index in [2.05, 4.69) is 11.9 Å². The molecule has 1 heterocycles. The number of carboxylic acids is 1. The Labute approximate surface area is 106 Å². The lowest BCUT2D eigenvalue weighted by Gasteiger charge is -2.07. The molecule has 94 valence electrons. The van der Waals surface area contributed by atoms with Gasteiger partial charge in [-0.1, -0.05) is 37.8 Å². The van der Waals surface area contributed by atoms with Gasteiger partial charge < -0.3 is 9.84 Å². The zero-order valence-electron chi connectivity index (χ0n) is 9.78. The summed E-state index contributed by atoms with van der Waals surface area (Å²) in [5.41, 5.74) is 0.0462. The monoisotopic (exact) mass is 257 g/mol. The number of aromatic carboxylic acids is 1. The number of carboxylic acid groups (broad SMARTS) is 1. The lowest BCUT2D eigenvalue weighted by atomic mass is 10.2. The minimum Gasteiger partial charge on any atom is -0.477 e. The van der Waals surface area contributed by atoms with E-state index in [-0.39, 0.29) is 16.6 Å². The second-order valence-corrected chi connectivity index (χ2v) is 4.09. The van der Waals surface area contributed by atoms with Crippen LogP contribution in [0.3, 0.4) is 0 Å². The maximum Gasteiger partial charge on any atom is 0.341 e. The third kappa shape index (κ3) is 4.61. The number of nitrogens with zero attached hydrogens (tertiary/aromatic N) is 1. The fourth-order valence-corrected chi connectivity index (χ4v) is 1.53. The molecule has 0 unspecified atom stereocenters. The molecule has 0 aliphatic rings. The molecule has 0 fully saturated rings. The van der Waals surface area contributed by atoms with Crippen LogP contribution in [0.25, 0.3) is 0 Å². The summed E-state index contributed by atoms with van der Waals surface area (Å²) in [5.74, 6) is -0.959. The Hall–Kier alpha value is -1.29. The van der Waals surface area contributed by atoms with E-state index in [1.165, 1.54) is 12.1 Å². The smallest absolute Gasteiger partial charge is 0.341 e. The molecule has 1 N–H and O–H groups in total. The summed E-state index contributed by atoms with van der Waals surface area (Å²) in [6.07, 6.45) is 4.26. The van der Waals surface area contributed by atoms with E-state index < -0.39 is 5.97 Å². The molecule has 0 saturated heterocycles. The lowest BCUT2D eigenvalue weighted by molar-refractivity contribution is 0.0691. The van der Waals surface area contributed by atoms with Crippen LogP contribution >= 0.6 is 11.6 Å². The number of halogens is 1. The van der Waals surface area contributed by atoms with E-state index in [4.69, 9.17) is 21.4 Å². The first-order chi connectivity index (χ1) is 8.15. The maximum atomic E-state index is 10.9. The molecule has 0 aliphatic carbocycles. The maximum absolute atomic E-state index is 10.9. The largest absolute Gasteiger partial charge is 0.477 e. The van der Waals surface area contributed by atoms with Crippen LogP contribution < -0.4 is 4.74 Å². The third-order valence-electron chi connectivity index (χ3n) is 2.29. The molecular formula is C12H16ClNO3. The van der Waals surface area contributed by atoms with E-state index >= 15 is 0 Å². The second-order valence-electron chi connectivity index (χ2n) is 3.70. The molecule has 0 amide bonds. The van der Waals surface area contributed by atoms with Crippen molar-refractivity contribution in [2.75, 3.05) is 6.61 Å². The Morgan fingerprint density at radius 3 is 2.82 bits per heavy atom. The SMILES string of the molecule is CCCCCCOc1nc(Cl)ccc1C(=O)O. The fourth-order valence-electron chi connectivity index (χ4n) is 1.39. The molecule has 1 aromatic heterocycles. The summed E-state index contributed by atoms with van der Waals surface area (Å²) in [6.45, 7) is 2.59. The van der Waals surface area contributed by atoms with Gasteiger partial charge in [0.25, 0.3) is 0 Å². The van der Waals surface area contributed by atoms with Gasteiger partial charge in [0.2, 0.25) is 5.88 Å². The molecular weight excluding hydrogens is 242 g/mol. The van der Waals surface area contributed by atoms with Gasteiger partial charge in [-0.05, 0) is 18.6 Å². The third-order valence-corrected chi connectivity index (χ3v) is 2.50. The Balaban J connectivity index is 2.56. The number of ether oxygens (including phenoxy) is 1. The predicted molar refractivity (Wildman–Crippen MR) is 65.8 cm³/mol. The normalized spacial score (nSPS) is 10.2. The Kier molecular flexibility index (Phi) is 5.77. The molecule has 0 aromatic carbocycles. The van der Waals surface area contributed by atoms with Gasteiger partial charge in [-0.15, -0.1) is 0 Å². The highest BCUT2D eigenvalue weighted by Crippen LogP contribution is 2.19. The zero-order valence-corrected chi connectivity index (χ0v) is 10.5. The van der Waals surface area contributed by atoms with Crippen LogP contribution in [0.2, 0.25) is 5.15 Å². The van der Waals surface area contributed by atoms with E-state index in [1.807, 2.05) is 0 Å². The molecule has 17 heavy (non-hydrogen) atoms. The number of pyridine rings is 1. The average molecular weight is 258 g/mol. The quantitative estimate of drug-likeness (QED) is 0.601. The highest BCUT2D eigenvalue weighted by Gasteiger charge is 2.13. The second kappa shape index (κ2) is 7.12. The van der Waals surface area contributed by atoms with Crippen LogP contribution in [0.15, 0.2) is 12.1 Å². The van der Waals surface area contributed by atoms with Crippen molar-refractivity contribution in [1.29, 1.82) is 0 Å². The Morgan fingerprint density at radius 2 is 2.18 bits per heavy atom. The average Bonchev–Trinajstić information content (AvgIpc) is 2.28. The molecule has 0 atom stereocenters. The topological polar surface area (TPSA) is 59.4 Å². The summed E-state index contributed by atoms with van der Waals surface area (Å²) in [7, 11) is 0. The first-order valence-electron chi connectivity index (χ1n) is 5.67. The molecule has 1 rings (SSSR count). The van der Waals surface area contributed by atoms with Crippen molar-refractivity contribution in [2.45, 2.75) is 32.6 Å². The number of hydrogen-bond acceptors (Lipinski definition) is 3. The Morgan fingerprint density at radius 1 is 1.41 bits per heavy atom. The van der Waals surface area contributed by atoms with Crippen molar-refractivity contribution in [2.24, 2.45) is 0 Å². The first kappa shape index (κ1) is 13.8. The van der Waals surface area contributed by atoms with E-state index in [0.29, 0.717) is 6.61 Å². The summed E-state index contributed by atoms with van der Waals surface area (Å²) in [5, 5.41) is 9.17. The summed E-state index contributed by atoms with van der Waals surface area (Å²) in [6, 6.07) is 2.84. The van der Waals surface area contributed by atoms with Crippen molar-refractivity contribution < 1.29 is 14.6 Å². The summed E-state index contributed by atoms with van der Waals surface area (Å²) < 4.78 is 5.35. The predicted octanol–water partition coefficient (Wildman–Crippen LogP) is 3.39. The lowest BCUT2D eigenvalue weighted by Crippen LogP contribution is -2.06. The van der Waals surface area contributed by atoms with Crippen molar-refractivity contribution >= 4 is 17.6 Å². The van der Waals surface area contributed by atoms with Crippen molar-refractivity contribution in [3.63, 3.8) is 0 Å². The molecule has 0 radical (unpaired) electrons. The van der Waals surface area contributed by atoms with Gasteiger partial charge in [0, 0.05) is 0 Å². The van der Waals surface area contributed by atoms with Crippen molar-refractivity contribution in [3.8, 4) is 5.88 Å². The standard InChI is InChI=1S/C12H16ClNO3/c1-2-3-4-5-8-17-11-9(12(15)16)6-7-10(13)14-11/h6-7H,2-5,8H2,1H3,(H,15,16). The molecule has 4 nitrogen and oxygen atoms in total. The number of carbonyl (C=O) groups is 1. The zero-order chi connectivity index (χ0) is 12.7. The molecule has 1 aromatic rings. The minimum absolute atomic E-state index is 0.0462. The van der Waals surface area contributed by atoms with Crippen LogP contribution in [0, 0.1) is 0 Å². The number of rotatable bonds is 7. The van der Waals surface area contributed by atoms with Gasteiger partial charge in [0.05, 0.1) is 6.61 Å². The number of unbranched alkanes of at least 4 members (excludes halogenated alkanes) is 3. The van der Waals surface area contributed by atoms with Crippen LogP contribution in [-0.2, 0) is 0 Å². The molecule has 0 saturated carbocycles. The van der Waals surface area contributed by atoms with Crippen LogP contribution in [-0.4, -0.2) is 22.7 Å². The molecule has 0 bridgehead atoms. The van der Waals surface area contributed by atoms with Crippen molar-refractivity contribution in [1.82, 2.24) is 4.98 Å². The van der Waals surface area contributed by atoms with E-state index in [0.717, 1.165) is 25.7 Å². The van der Waals surface area contributed by atoms with Crippen LogP contribution in [0.1, 0.15) is 43.0 Å². The molecule has 5 heteroatoms. The minimum atomic E-state index is -1.06. The van der Waals surface area contributed by atoms with Gasteiger partial charge in [0.1, 0.15) is 10.7 Å². The van der Waals surface area contributed by atoms with Gasteiger partial charge in [0.15, 0.2) is 0 Å². The molecule has 0 aliphatic heterocycles. The number of hydrogen-bond donors (Lipinski definition) is 1. The van der Waals surface area contributed by atoms with Gasteiger partial charge in [-0.25, -0.2) is 9.78 Å². The number of aromatic nitrogens is 1. The van der Waals surface area contributed by atoms with Crippen LogP contribution in [0.5, 0.6) is 5.88 Å². The van der Waals surface area contributed by atoms with Crippen LogP contribution in [0.4, 0.5) is 0 Å². The van der Waals surface area contributed by atoms with Gasteiger partial charge in [-0.3, -0.25) is 0 Å². The van der Waals surface area contributed by atoms with E-state index in [9.17, 15) is 4.79 Å². The fraction of sp³-hybridized carbons (Fsp3) is 0.500. The molecule has 0 spiro atoms. The van der Waals surface area contributed by atoms with Gasteiger partial charge in [-0.2, -0.15) is 0 Å². The highest BCUT2D eigenvalue weighted by atomic mass is 35.5.